The Morgan fingerprint density at radius 1 is 0.925 bits per heavy atom. The molecule has 1 N–H and O–H groups in total. The second kappa shape index (κ2) is 11.7. The molecule has 204 valence electrons. The van der Waals surface area contributed by atoms with E-state index in [0.29, 0.717) is 35.0 Å². The molecule has 1 aliphatic heterocycles. The van der Waals surface area contributed by atoms with Crippen molar-refractivity contribution in [1.82, 2.24) is 4.90 Å². The number of nitrogens with zero attached hydrogens (tertiary/aromatic N) is 1. The number of hydrogen-bond acceptors (Lipinski definition) is 7. The van der Waals surface area contributed by atoms with Crippen molar-refractivity contribution in [3.05, 3.63) is 117 Å². The van der Waals surface area contributed by atoms with Crippen LogP contribution in [0.25, 0.3) is 5.76 Å². The number of amides is 1. The summed E-state index contributed by atoms with van der Waals surface area (Å²) < 4.78 is 17.2. The number of carbonyl (C=O) groups is 2. The summed E-state index contributed by atoms with van der Waals surface area (Å²) in [5.74, 6) is -0.211. The van der Waals surface area contributed by atoms with Crippen LogP contribution >= 0.6 is 11.3 Å². The Bertz CT molecular complexity index is 1560. The Morgan fingerprint density at radius 2 is 1.73 bits per heavy atom. The molecule has 2 heterocycles. The van der Waals surface area contributed by atoms with E-state index in [1.54, 1.807) is 36.4 Å². The summed E-state index contributed by atoms with van der Waals surface area (Å²) in [4.78, 5) is 29.3. The number of methoxy groups -OCH3 is 2. The quantitative estimate of drug-likeness (QED) is 0.149. The number of ether oxygens (including phenoxy) is 3. The molecule has 5 rings (SSSR count). The van der Waals surface area contributed by atoms with Gasteiger partial charge in [-0.25, -0.2) is 0 Å². The van der Waals surface area contributed by atoms with Crippen LogP contribution in [-0.2, 0) is 22.7 Å². The number of Topliss-reactive ketones (excluding diaryl/α,β-unsaturated/α-hetero) is 1. The maximum Gasteiger partial charge on any atom is 0.295 e. The fourth-order valence-corrected chi connectivity index (χ4v) is 5.62. The number of aryl methyl sites for hydroxylation is 1. The normalized spacial score (nSPS) is 16.3. The second-order valence-corrected chi connectivity index (χ2v) is 10.4. The molecule has 40 heavy (non-hydrogen) atoms. The average molecular weight is 556 g/mol. The highest BCUT2D eigenvalue weighted by molar-refractivity contribution is 7.09. The van der Waals surface area contributed by atoms with Crippen LogP contribution in [0.3, 0.4) is 0 Å². The molecule has 1 amide bonds. The van der Waals surface area contributed by atoms with Crippen LogP contribution in [-0.4, -0.2) is 35.9 Å². The van der Waals surface area contributed by atoms with E-state index in [4.69, 9.17) is 14.2 Å². The molecular formula is C32H29NO6S. The van der Waals surface area contributed by atoms with Crippen LogP contribution in [0, 0.1) is 6.92 Å². The maximum absolute atomic E-state index is 13.5. The molecule has 4 aromatic rings. The standard InChI is InChI=1S/C32H29NO6S/c1-20-17-22(14-15-25(20)39-19-21-9-5-4-6-10-21)29(34)27-28(24-12-7-13-26(37-2)31(24)38-3)33(32(36)30(27)35)18-23-11-8-16-40-23/h4-17,28,34H,18-19H2,1-3H3/b29-27+. The van der Waals surface area contributed by atoms with Gasteiger partial charge in [0.2, 0.25) is 0 Å². The summed E-state index contributed by atoms with van der Waals surface area (Å²) in [7, 11) is 3.03. The van der Waals surface area contributed by atoms with Gasteiger partial charge >= 0.3 is 0 Å². The molecule has 1 unspecified atom stereocenters. The molecule has 0 radical (unpaired) electrons. The lowest BCUT2D eigenvalue weighted by molar-refractivity contribution is -0.140. The number of aliphatic hydroxyl groups excluding tert-OH is 1. The molecule has 0 spiro atoms. The van der Waals surface area contributed by atoms with Crippen molar-refractivity contribution in [3.8, 4) is 17.2 Å². The van der Waals surface area contributed by atoms with E-state index in [9.17, 15) is 14.7 Å². The van der Waals surface area contributed by atoms with Crippen molar-refractivity contribution < 1.29 is 28.9 Å². The fourth-order valence-electron chi connectivity index (χ4n) is 4.91. The summed E-state index contributed by atoms with van der Waals surface area (Å²) in [6, 6.07) is 23.2. The number of rotatable bonds is 9. The SMILES string of the molecule is COc1cccc(C2/C(=C(\O)c3ccc(OCc4ccccc4)c(C)c3)C(=O)C(=O)N2Cc2cccs2)c1OC. The Labute approximate surface area is 236 Å². The predicted octanol–water partition coefficient (Wildman–Crippen LogP) is 6.27. The van der Waals surface area contributed by atoms with Crippen molar-refractivity contribution in [1.29, 1.82) is 0 Å². The zero-order valence-electron chi connectivity index (χ0n) is 22.4. The molecule has 3 aromatic carbocycles. The van der Waals surface area contributed by atoms with E-state index in [-0.39, 0.29) is 17.9 Å². The molecule has 1 fully saturated rings. The topological polar surface area (TPSA) is 85.3 Å². The van der Waals surface area contributed by atoms with Gasteiger partial charge in [0, 0.05) is 16.0 Å². The minimum Gasteiger partial charge on any atom is -0.507 e. The first-order valence-corrected chi connectivity index (χ1v) is 13.6. The predicted molar refractivity (Wildman–Crippen MR) is 154 cm³/mol. The zero-order valence-corrected chi connectivity index (χ0v) is 23.2. The van der Waals surface area contributed by atoms with Gasteiger partial charge in [0.05, 0.1) is 32.4 Å². The van der Waals surface area contributed by atoms with E-state index < -0.39 is 17.7 Å². The largest absolute Gasteiger partial charge is 0.507 e. The number of likely N-dealkylation sites (tertiary alicyclic amines) is 1. The lowest BCUT2D eigenvalue weighted by Crippen LogP contribution is -2.29. The minimum absolute atomic E-state index is 0.00883. The number of thiophene rings is 1. The van der Waals surface area contributed by atoms with E-state index in [1.807, 2.05) is 54.8 Å². The third-order valence-corrected chi connectivity index (χ3v) is 7.72. The third kappa shape index (κ3) is 5.18. The van der Waals surface area contributed by atoms with Crippen LogP contribution in [0.2, 0.25) is 0 Å². The Morgan fingerprint density at radius 3 is 2.40 bits per heavy atom. The molecule has 1 atom stereocenters. The monoisotopic (exact) mass is 555 g/mol. The van der Waals surface area contributed by atoms with Crippen molar-refractivity contribution in [3.63, 3.8) is 0 Å². The van der Waals surface area contributed by atoms with Crippen LogP contribution in [0.5, 0.6) is 17.2 Å². The summed E-state index contributed by atoms with van der Waals surface area (Å²) in [6.07, 6.45) is 0. The van der Waals surface area contributed by atoms with Crippen LogP contribution in [0.4, 0.5) is 0 Å². The van der Waals surface area contributed by atoms with Gasteiger partial charge in [-0.2, -0.15) is 0 Å². The highest BCUT2D eigenvalue weighted by atomic mass is 32.1. The molecule has 0 aliphatic carbocycles. The minimum atomic E-state index is -0.888. The van der Waals surface area contributed by atoms with Gasteiger partial charge in [0.1, 0.15) is 18.1 Å². The lowest BCUT2D eigenvalue weighted by atomic mass is 9.94. The first-order chi connectivity index (χ1) is 19.4. The van der Waals surface area contributed by atoms with Crippen molar-refractivity contribution >= 4 is 28.8 Å². The number of para-hydroxylation sites is 1. The average Bonchev–Trinajstić information content (AvgIpc) is 3.58. The van der Waals surface area contributed by atoms with Gasteiger partial charge in [-0.1, -0.05) is 48.5 Å². The van der Waals surface area contributed by atoms with Crippen LogP contribution in [0.15, 0.2) is 89.8 Å². The fraction of sp³-hybridized carbons (Fsp3) is 0.188. The van der Waals surface area contributed by atoms with E-state index >= 15 is 0 Å². The first-order valence-electron chi connectivity index (χ1n) is 12.7. The Balaban J connectivity index is 1.57. The lowest BCUT2D eigenvalue weighted by Gasteiger charge is -2.27. The van der Waals surface area contributed by atoms with Gasteiger partial charge in [-0.05, 0) is 53.8 Å². The summed E-state index contributed by atoms with van der Waals surface area (Å²) in [6.45, 7) is 2.47. The summed E-state index contributed by atoms with van der Waals surface area (Å²) in [5.41, 5.74) is 2.75. The molecule has 0 saturated carbocycles. The number of hydrogen-bond donors (Lipinski definition) is 1. The van der Waals surface area contributed by atoms with E-state index in [0.717, 1.165) is 16.0 Å². The number of aliphatic hydroxyl groups is 1. The summed E-state index contributed by atoms with van der Waals surface area (Å²) in [5, 5.41) is 13.5. The van der Waals surface area contributed by atoms with E-state index in [1.165, 1.54) is 30.5 Å². The Hall–Kier alpha value is -4.56. The molecule has 7 nitrogen and oxygen atoms in total. The molecular weight excluding hydrogens is 526 g/mol. The van der Waals surface area contributed by atoms with Gasteiger partial charge in [0.25, 0.3) is 11.7 Å². The van der Waals surface area contributed by atoms with Gasteiger partial charge in [0.15, 0.2) is 11.5 Å². The smallest absolute Gasteiger partial charge is 0.295 e. The van der Waals surface area contributed by atoms with Gasteiger partial charge in [-0.3, -0.25) is 9.59 Å². The van der Waals surface area contributed by atoms with Gasteiger partial charge in [-0.15, -0.1) is 11.3 Å². The van der Waals surface area contributed by atoms with E-state index in [2.05, 4.69) is 0 Å². The second-order valence-electron chi connectivity index (χ2n) is 9.34. The maximum atomic E-state index is 13.5. The highest BCUT2D eigenvalue weighted by Crippen LogP contribution is 2.46. The molecule has 1 aromatic heterocycles. The number of ketones is 1. The van der Waals surface area contributed by atoms with Gasteiger partial charge < -0.3 is 24.2 Å². The number of carbonyl (C=O) groups excluding carboxylic acids is 2. The number of benzene rings is 3. The molecule has 1 aliphatic rings. The van der Waals surface area contributed by atoms with Crippen LogP contribution < -0.4 is 14.2 Å². The highest BCUT2D eigenvalue weighted by Gasteiger charge is 2.47. The Kier molecular flexibility index (Phi) is 7.89. The van der Waals surface area contributed by atoms with Crippen molar-refractivity contribution in [2.75, 3.05) is 14.2 Å². The third-order valence-electron chi connectivity index (χ3n) is 6.86. The first kappa shape index (κ1) is 27.0. The molecule has 0 bridgehead atoms. The zero-order chi connectivity index (χ0) is 28.2. The van der Waals surface area contributed by atoms with Crippen LogP contribution in [0.1, 0.15) is 33.2 Å². The van der Waals surface area contributed by atoms with Crippen molar-refractivity contribution in [2.24, 2.45) is 0 Å². The molecule has 8 heteroatoms. The summed E-state index contributed by atoms with van der Waals surface area (Å²) >= 11 is 1.49. The van der Waals surface area contributed by atoms with Crippen molar-refractivity contribution in [2.45, 2.75) is 26.1 Å². The molecule has 1 saturated heterocycles.